The Morgan fingerprint density at radius 1 is 1.35 bits per heavy atom. The lowest BCUT2D eigenvalue weighted by atomic mass is 10.1. The maximum Gasteiger partial charge on any atom is 0.258 e. The first-order chi connectivity index (χ1) is 9.40. The number of methoxy groups -OCH3 is 2. The smallest absolute Gasteiger partial charge is 0.258 e. The van der Waals surface area contributed by atoms with Gasteiger partial charge in [-0.1, -0.05) is 12.2 Å². The normalized spacial score (nSPS) is 10.2. The molecule has 6 heteroatoms. The number of ether oxygens (including phenoxy) is 2. The second-order valence-corrected chi connectivity index (χ2v) is 5.08. The summed E-state index contributed by atoms with van der Waals surface area (Å²) in [5, 5.41) is 0. The molecule has 0 aliphatic heterocycles. The Morgan fingerprint density at radius 3 is 2.45 bits per heavy atom. The minimum atomic E-state index is -0.174. The summed E-state index contributed by atoms with van der Waals surface area (Å²) in [6.45, 7) is 4.05. The number of nitrogens with two attached hydrogens (primary N) is 1. The number of thiocarbonyl (C=S) groups is 1. The van der Waals surface area contributed by atoms with Crippen molar-refractivity contribution >= 4 is 23.1 Å². The van der Waals surface area contributed by atoms with E-state index >= 15 is 0 Å². The lowest BCUT2D eigenvalue weighted by Crippen LogP contribution is -2.42. The monoisotopic (exact) mass is 296 g/mol. The van der Waals surface area contributed by atoms with E-state index in [1.165, 1.54) is 7.11 Å². The summed E-state index contributed by atoms with van der Waals surface area (Å²) in [5.74, 6) is 0.916. The highest BCUT2D eigenvalue weighted by Gasteiger charge is 2.22. The Kier molecular flexibility index (Phi) is 5.76. The molecule has 0 aliphatic rings. The minimum Gasteiger partial charge on any atom is -0.497 e. The second-order valence-electron chi connectivity index (χ2n) is 4.56. The zero-order valence-electron chi connectivity index (χ0n) is 12.2. The molecule has 5 nitrogen and oxygen atoms in total. The molecular formula is C14H20N2O3S. The number of nitrogens with zero attached hydrogens (tertiary/aromatic N) is 1. The third-order valence-corrected chi connectivity index (χ3v) is 2.98. The number of carbonyl (C=O) groups excluding carboxylic acids is 1. The fraction of sp³-hybridized carbons (Fsp3) is 0.429. The standard InChI is InChI=1S/C14H20N2O3S/c1-9(2)16(8-13(15)20)14(17)11-6-5-10(18-3)7-12(11)19-4/h5-7,9H,8H2,1-4H3,(H2,15,20). The number of rotatable bonds is 6. The van der Waals surface area contributed by atoms with Gasteiger partial charge in [0, 0.05) is 12.1 Å². The molecule has 1 amide bonds. The van der Waals surface area contributed by atoms with Crippen molar-refractivity contribution in [3.8, 4) is 11.5 Å². The zero-order valence-corrected chi connectivity index (χ0v) is 13.0. The average Bonchev–Trinajstić information content (AvgIpc) is 2.42. The van der Waals surface area contributed by atoms with Crippen molar-refractivity contribution in [2.45, 2.75) is 19.9 Å². The Bertz CT molecular complexity index is 503. The van der Waals surface area contributed by atoms with Crippen LogP contribution in [0.15, 0.2) is 18.2 Å². The molecule has 20 heavy (non-hydrogen) atoms. The van der Waals surface area contributed by atoms with Crippen LogP contribution in [0.1, 0.15) is 24.2 Å². The molecule has 0 atom stereocenters. The molecule has 0 radical (unpaired) electrons. The largest absolute Gasteiger partial charge is 0.497 e. The van der Waals surface area contributed by atoms with Crippen LogP contribution >= 0.6 is 12.2 Å². The highest BCUT2D eigenvalue weighted by Crippen LogP contribution is 2.26. The molecule has 0 spiro atoms. The number of carbonyl (C=O) groups is 1. The van der Waals surface area contributed by atoms with Gasteiger partial charge in [0.2, 0.25) is 0 Å². The van der Waals surface area contributed by atoms with Gasteiger partial charge in [-0.3, -0.25) is 4.79 Å². The Hall–Kier alpha value is -1.82. The van der Waals surface area contributed by atoms with Crippen molar-refractivity contribution in [1.82, 2.24) is 4.90 Å². The Balaban J connectivity index is 3.14. The third kappa shape index (κ3) is 3.84. The highest BCUT2D eigenvalue weighted by atomic mass is 32.1. The van der Waals surface area contributed by atoms with Crippen molar-refractivity contribution < 1.29 is 14.3 Å². The van der Waals surface area contributed by atoms with Crippen molar-refractivity contribution in [3.63, 3.8) is 0 Å². The SMILES string of the molecule is COc1ccc(C(=O)N(CC(N)=S)C(C)C)c(OC)c1. The van der Waals surface area contributed by atoms with Crippen molar-refractivity contribution in [1.29, 1.82) is 0 Å². The molecule has 1 rings (SSSR count). The number of benzene rings is 1. The van der Waals surface area contributed by atoms with Gasteiger partial charge < -0.3 is 20.1 Å². The average molecular weight is 296 g/mol. The first-order valence-electron chi connectivity index (χ1n) is 6.22. The lowest BCUT2D eigenvalue weighted by Gasteiger charge is -2.27. The molecule has 0 heterocycles. The summed E-state index contributed by atoms with van der Waals surface area (Å²) < 4.78 is 10.4. The van der Waals surface area contributed by atoms with Gasteiger partial charge in [-0.25, -0.2) is 0 Å². The molecule has 110 valence electrons. The van der Waals surface area contributed by atoms with Gasteiger partial charge >= 0.3 is 0 Å². The van der Waals surface area contributed by atoms with Crippen LogP contribution in [0.25, 0.3) is 0 Å². The van der Waals surface area contributed by atoms with E-state index in [-0.39, 0.29) is 23.5 Å². The molecule has 0 aromatic heterocycles. The van der Waals surface area contributed by atoms with E-state index in [1.807, 2.05) is 13.8 Å². The van der Waals surface area contributed by atoms with E-state index in [1.54, 1.807) is 30.2 Å². The molecule has 0 unspecified atom stereocenters. The van der Waals surface area contributed by atoms with Gasteiger partial charge in [0.25, 0.3) is 5.91 Å². The number of hydrogen-bond acceptors (Lipinski definition) is 4. The number of amides is 1. The van der Waals surface area contributed by atoms with Gasteiger partial charge in [-0.05, 0) is 26.0 Å². The van der Waals surface area contributed by atoms with E-state index in [4.69, 9.17) is 27.4 Å². The predicted octanol–water partition coefficient (Wildman–Crippen LogP) is 1.84. The molecule has 0 saturated carbocycles. The highest BCUT2D eigenvalue weighted by molar-refractivity contribution is 7.80. The lowest BCUT2D eigenvalue weighted by molar-refractivity contribution is 0.0732. The molecule has 1 aromatic carbocycles. The maximum atomic E-state index is 12.6. The fourth-order valence-corrected chi connectivity index (χ4v) is 1.93. The maximum absolute atomic E-state index is 12.6. The van der Waals surface area contributed by atoms with Crippen molar-refractivity contribution in [2.24, 2.45) is 5.73 Å². The van der Waals surface area contributed by atoms with Gasteiger partial charge in [0.1, 0.15) is 11.5 Å². The summed E-state index contributed by atoms with van der Waals surface area (Å²) in [5.41, 5.74) is 6.01. The quantitative estimate of drug-likeness (QED) is 0.812. The molecule has 0 saturated heterocycles. The van der Waals surface area contributed by atoms with Crippen LogP contribution in [0.3, 0.4) is 0 Å². The first-order valence-corrected chi connectivity index (χ1v) is 6.62. The summed E-state index contributed by atoms with van der Waals surface area (Å²) in [7, 11) is 3.07. The van der Waals surface area contributed by atoms with E-state index in [0.717, 1.165) is 0 Å². The number of hydrogen-bond donors (Lipinski definition) is 1. The molecular weight excluding hydrogens is 276 g/mol. The van der Waals surface area contributed by atoms with Crippen LogP contribution in [0.4, 0.5) is 0 Å². The topological polar surface area (TPSA) is 64.8 Å². The van der Waals surface area contributed by atoms with Gasteiger partial charge in [0.15, 0.2) is 0 Å². The van der Waals surface area contributed by atoms with Crippen LogP contribution in [0.5, 0.6) is 11.5 Å². The third-order valence-electron chi connectivity index (χ3n) is 2.85. The molecule has 0 bridgehead atoms. The van der Waals surface area contributed by atoms with Crippen LogP contribution < -0.4 is 15.2 Å². The second kappa shape index (κ2) is 7.09. The van der Waals surface area contributed by atoms with Crippen LogP contribution in [0, 0.1) is 0 Å². The van der Waals surface area contributed by atoms with Crippen molar-refractivity contribution in [3.05, 3.63) is 23.8 Å². The van der Waals surface area contributed by atoms with E-state index < -0.39 is 0 Å². The molecule has 0 aliphatic carbocycles. The van der Waals surface area contributed by atoms with Crippen LogP contribution in [0.2, 0.25) is 0 Å². The fourth-order valence-electron chi connectivity index (χ4n) is 1.79. The molecule has 1 aromatic rings. The van der Waals surface area contributed by atoms with E-state index in [2.05, 4.69) is 0 Å². The van der Waals surface area contributed by atoms with Crippen molar-refractivity contribution in [2.75, 3.05) is 20.8 Å². The first kappa shape index (κ1) is 16.2. The van der Waals surface area contributed by atoms with Gasteiger partial charge in [-0.2, -0.15) is 0 Å². The van der Waals surface area contributed by atoms with Crippen LogP contribution in [-0.2, 0) is 0 Å². The summed E-state index contributed by atoms with van der Waals surface area (Å²) in [6, 6.07) is 5.05. The van der Waals surface area contributed by atoms with Crippen LogP contribution in [-0.4, -0.2) is 42.6 Å². The minimum absolute atomic E-state index is 0.0178. The predicted molar refractivity (Wildman–Crippen MR) is 82.5 cm³/mol. The molecule has 0 fully saturated rings. The summed E-state index contributed by atoms with van der Waals surface area (Å²) in [4.78, 5) is 14.5. The summed E-state index contributed by atoms with van der Waals surface area (Å²) >= 11 is 4.89. The van der Waals surface area contributed by atoms with Gasteiger partial charge in [-0.15, -0.1) is 0 Å². The Labute approximate surface area is 124 Å². The summed E-state index contributed by atoms with van der Waals surface area (Å²) in [6.07, 6.45) is 0. The van der Waals surface area contributed by atoms with E-state index in [0.29, 0.717) is 17.1 Å². The molecule has 2 N–H and O–H groups in total. The Morgan fingerprint density at radius 2 is 2.00 bits per heavy atom. The van der Waals surface area contributed by atoms with Gasteiger partial charge in [0.05, 0.1) is 31.3 Å². The zero-order chi connectivity index (χ0) is 15.3. The van der Waals surface area contributed by atoms with E-state index in [9.17, 15) is 4.79 Å².